The summed E-state index contributed by atoms with van der Waals surface area (Å²) in [6, 6.07) is 26.2. The van der Waals surface area contributed by atoms with Gasteiger partial charge >= 0.3 is 0 Å². The Bertz CT molecular complexity index is 905. The minimum absolute atomic E-state index is 0.117. The standard InChI is InChI=1S/C21H16Cl2N2/c22-17-12-10-15(11-13-17)19-14-21(16-6-2-1-3-7-16)25(24-19)20-9-5-4-8-18(20)23/h1-13,21H,14H2. The van der Waals surface area contributed by atoms with Crippen LogP contribution in [0.1, 0.15) is 23.6 Å². The number of halogens is 2. The van der Waals surface area contributed by atoms with Crippen molar-refractivity contribution in [1.29, 1.82) is 0 Å². The van der Waals surface area contributed by atoms with Crippen LogP contribution in [0.15, 0.2) is 84.0 Å². The van der Waals surface area contributed by atoms with Gasteiger partial charge in [0, 0.05) is 11.4 Å². The van der Waals surface area contributed by atoms with Crippen molar-refractivity contribution in [3.63, 3.8) is 0 Å². The molecule has 1 aliphatic heterocycles. The summed E-state index contributed by atoms with van der Waals surface area (Å²) in [4.78, 5) is 0. The molecule has 2 nitrogen and oxygen atoms in total. The van der Waals surface area contributed by atoms with Crippen LogP contribution in [0.4, 0.5) is 5.69 Å². The zero-order chi connectivity index (χ0) is 17.2. The zero-order valence-electron chi connectivity index (χ0n) is 13.4. The van der Waals surface area contributed by atoms with Gasteiger partial charge in [0.25, 0.3) is 0 Å². The molecule has 4 heteroatoms. The smallest absolute Gasteiger partial charge is 0.0832 e. The molecule has 1 unspecified atom stereocenters. The summed E-state index contributed by atoms with van der Waals surface area (Å²) >= 11 is 12.5. The summed E-state index contributed by atoms with van der Waals surface area (Å²) in [5.41, 5.74) is 4.25. The summed E-state index contributed by atoms with van der Waals surface area (Å²) in [6.45, 7) is 0. The van der Waals surface area contributed by atoms with Gasteiger partial charge in [-0.2, -0.15) is 5.10 Å². The molecule has 0 aliphatic carbocycles. The van der Waals surface area contributed by atoms with Crippen LogP contribution in [0.2, 0.25) is 10.0 Å². The summed E-state index contributed by atoms with van der Waals surface area (Å²) in [5.74, 6) is 0. The van der Waals surface area contributed by atoms with Gasteiger partial charge in [-0.15, -0.1) is 0 Å². The second-order valence-corrected chi connectivity index (χ2v) is 6.82. The maximum absolute atomic E-state index is 6.44. The molecule has 0 aromatic heterocycles. The largest absolute Gasteiger partial charge is 0.256 e. The molecule has 1 atom stereocenters. The molecular weight excluding hydrogens is 351 g/mol. The van der Waals surface area contributed by atoms with E-state index < -0.39 is 0 Å². The number of benzene rings is 3. The van der Waals surface area contributed by atoms with E-state index in [-0.39, 0.29) is 6.04 Å². The van der Waals surface area contributed by atoms with Crippen molar-refractivity contribution in [2.75, 3.05) is 5.01 Å². The van der Waals surface area contributed by atoms with Crippen LogP contribution in [0.3, 0.4) is 0 Å². The molecule has 3 aromatic carbocycles. The highest BCUT2D eigenvalue weighted by Gasteiger charge is 2.30. The van der Waals surface area contributed by atoms with Gasteiger partial charge in [0.2, 0.25) is 0 Å². The van der Waals surface area contributed by atoms with Crippen molar-refractivity contribution >= 4 is 34.6 Å². The predicted octanol–water partition coefficient (Wildman–Crippen LogP) is 6.35. The molecule has 0 amide bonds. The number of hydrogen-bond donors (Lipinski definition) is 0. The van der Waals surface area contributed by atoms with E-state index in [0.717, 1.165) is 28.4 Å². The van der Waals surface area contributed by atoms with E-state index in [9.17, 15) is 0 Å². The Kier molecular flexibility index (Phi) is 4.48. The van der Waals surface area contributed by atoms with Crippen LogP contribution in [0, 0.1) is 0 Å². The number of para-hydroxylation sites is 1. The maximum atomic E-state index is 6.44. The number of hydrogen-bond acceptors (Lipinski definition) is 2. The van der Waals surface area contributed by atoms with Gasteiger partial charge in [-0.25, -0.2) is 0 Å². The zero-order valence-corrected chi connectivity index (χ0v) is 15.0. The topological polar surface area (TPSA) is 15.6 Å². The van der Waals surface area contributed by atoms with Gasteiger partial charge in [-0.05, 0) is 35.4 Å². The summed E-state index contributed by atoms with van der Waals surface area (Å²) in [5, 5.41) is 8.35. The number of hydrazone groups is 1. The summed E-state index contributed by atoms with van der Waals surface area (Å²) in [6.07, 6.45) is 0.816. The van der Waals surface area contributed by atoms with Crippen LogP contribution in [-0.4, -0.2) is 5.71 Å². The average molecular weight is 367 g/mol. The molecule has 1 aliphatic rings. The second kappa shape index (κ2) is 6.91. The van der Waals surface area contributed by atoms with Crippen molar-refractivity contribution in [2.24, 2.45) is 5.10 Å². The molecule has 0 bridgehead atoms. The van der Waals surface area contributed by atoms with E-state index in [1.54, 1.807) is 0 Å². The van der Waals surface area contributed by atoms with Gasteiger partial charge in [-0.3, -0.25) is 5.01 Å². The third-order valence-electron chi connectivity index (χ3n) is 4.37. The monoisotopic (exact) mass is 366 g/mol. The summed E-state index contributed by atoms with van der Waals surface area (Å²) < 4.78 is 0. The van der Waals surface area contributed by atoms with E-state index in [1.807, 2.05) is 59.6 Å². The highest BCUT2D eigenvalue weighted by Crippen LogP contribution is 2.39. The first-order valence-electron chi connectivity index (χ1n) is 8.14. The van der Waals surface area contributed by atoms with Gasteiger partial charge in [-0.1, -0.05) is 77.8 Å². The fraction of sp³-hybridized carbons (Fsp3) is 0.0952. The minimum Gasteiger partial charge on any atom is -0.256 e. The highest BCUT2D eigenvalue weighted by molar-refractivity contribution is 6.33. The molecular formula is C21H16Cl2N2. The van der Waals surface area contributed by atoms with Gasteiger partial charge in [0.05, 0.1) is 22.5 Å². The van der Waals surface area contributed by atoms with Crippen LogP contribution in [-0.2, 0) is 0 Å². The van der Waals surface area contributed by atoms with Gasteiger partial charge < -0.3 is 0 Å². The van der Waals surface area contributed by atoms with Crippen LogP contribution < -0.4 is 5.01 Å². The Morgan fingerprint density at radius 2 is 1.48 bits per heavy atom. The Hall–Kier alpha value is -2.29. The molecule has 0 radical (unpaired) electrons. The Balaban J connectivity index is 1.77. The lowest BCUT2D eigenvalue weighted by molar-refractivity contribution is 0.709. The molecule has 0 spiro atoms. The van der Waals surface area contributed by atoms with Crippen LogP contribution >= 0.6 is 23.2 Å². The molecule has 0 saturated carbocycles. The van der Waals surface area contributed by atoms with Gasteiger partial charge in [0.15, 0.2) is 0 Å². The second-order valence-electron chi connectivity index (χ2n) is 5.98. The maximum Gasteiger partial charge on any atom is 0.0832 e. The molecule has 0 fully saturated rings. The third kappa shape index (κ3) is 3.28. The third-order valence-corrected chi connectivity index (χ3v) is 4.94. The number of anilines is 1. The first-order valence-corrected chi connectivity index (χ1v) is 8.90. The van der Waals surface area contributed by atoms with Gasteiger partial charge in [0.1, 0.15) is 0 Å². The molecule has 1 heterocycles. The van der Waals surface area contributed by atoms with Crippen molar-refractivity contribution < 1.29 is 0 Å². The average Bonchev–Trinajstić information content (AvgIpc) is 3.08. The lowest BCUT2D eigenvalue weighted by Gasteiger charge is -2.24. The number of nitrogens with zero attached hydrogens (tertiary/aromatic N) is 2. The van der Waals surface area contributed by atoms with Crippen molar-refractivity contribution in [2.45, 2.75) is 12.5 Å². The van der Waals surface area contributed by atoms with E-state index in [4.69, 9.17) is 28.3 Å². The van der Waals surface area contributed by atoms with Crippen molar-refractivity contribution in [3.05, 3.63) is 100 Å². The molecule has 25 heavy (non-hydrogen) atoms. The highest BCUT2D eigenvalue weighted by atomic mass is 35.5. The lowest BCUT2D eigenvalue weighted by atomic mass is 9.98. The molecule has 124 valence electrons. The quantitative estimate of drug-likeness (QED) is 0.527. The fourth-order valence-corrected chi connectivity index (χ4v) is 3.47. The lowest BCUT2D eigenvalue weighted by Crippen LogP contribution is -2.18. The predicted molar refractivity (Wildman–Crippen MR) is 106 cm³/mol. The van der Waals surface area contributed by atoms with E-state index in [0.29, 0.717) is 5.02 Å². The van der Waals surface area contributed by atoms with Crippen LogP contribution in [0.5, 0.6) is 0 Å². The number of rotatable bonds is 3. The Morgan fingerprint density at radius 3 is 2.20 bits per heavy atom. The molecule has 4 rings (SSSR count). The van der Waals surface area contributed by atoms with Crippen LogP contribution in [0.25, 0.3) is 0 Å². The Morgan fingerprint density at radius 1 is 0.800 bits per heavy atom. The SMILES string of the molecule is Clc1ccc(C2=NN(c3ccccc3Cl)C(c3ccccc3)C2)cc1. The Labute approximate surface area is 157 Å². The first kappa shape index (κ1) is 16.2. The van der Waals surface area contributed by atoms with E-state index in [2.05, 4.69) is 24.3 Å². The normalized spacial score (nSPS) is 16.8. The molecule has 0 saturated heterocycles. The van der Waals surface area contributed by atoms with Crippen molar-refractivity contribution in [3.8, 4) is 0 Å². The molecule has 3 aromatic rings. The minimum atomic E-state index is 0.117. The van der Waals surface area contributed by atoms with Crippen molar-refractivity contribution in [1.82, 2.24) is 0 Å². The fourth-order valence-electron chi connectivity index (χ4n) is 3.12. The molecule has 0 N–H and O–H groups in total. The first-order chi connectivity index (χ1) is 12.2. The summed E-state index contributed by atoms with van der Waals surface area (Å²) in [7, 11) is 0. The van der Waals surface area contributed by atoms with E-state index in [1.165, 1.54) is 5.56 Å². The van der Waals surface area contributed by atoms with E-state index >= 15 is 0 Å².